The first kappa shape index (κ1) is 17.1. The quantitative estimate of drug-likeness (QED) is 0.695. The van der Waals surface area contributed by atoms with Crippen molar-refractivity contribution in [3.8, 4) is 0 Å². The summed E-state index contributed by atoms with van der Waals surface area (Å²) in [6.45, 7) is 0. The summed E-state index contributed by atoms with van der Waals surface area (Å²) in [6, 6.07) is 9.86. The second kappa shape index (κ2) is 9.05. The third-order valence-electron chi connectivity index (χ3n) is 3.31. The van der Waals surface area contributed by atoms with Gasteiger partial charge in [-0.05, 0) is 12.0 Å². The Labute approximate surface area is 120 Å². The van der Waals surface area contributed by atoms with Gasteiger partial charge in [0.05, 0.1) is 0 Å². The van der Waals surface area contributed by atoms with E-state index in [4.69, 9.17) is 18.9 Å². The number of aliphatic hydroxyl groups is 1. The van der Waals surface area contributed by atoms with E-state index in [1.807, 2.05) is 30.3 Å². The lowest BCUT2D eigenvalue weighted by Gasteiger charge is -2.32. The summed E-state index contributed by atoms with van der Waals surface area (Å²) < 4.78 is 20.9. The standard InChI is InChI=1S/C15H24O5/c1-17-14(18-2)12(13(16)15(19-3)20-4)10-11-8-6-5-7-9-11/h5-9,12-16H,10H2,1-4H3/t12-,13+/m0/s1. The van der Waals surface area contributed by atoms with Crippen molar-refractivity contribution in [1.82, 2.24) is 0 Å². The van der Waals surface area contributed by atoms with Crippen LogP contribution in [0.1, 0.15) is 5.56 Å². The molecule has 0 aliphatic heterocycles. The molecule has 5 nitrogen and oxygen atoms in total. The van der Waals surface area contributed by atoms with Crippen molar-refractivity contribution in [2.75, 3.05) is 28.4 Å². The fourth-order valence-corrected chi connectivity index (χ4v) is 2.29. The molecule has 5 heteroatoms. The van der Waals surface area contributed by atoms with E-state index < -0.39 is 18.7 Å². The molecule has 0 saturated carbocycles. The van der Waals surface area contributed by atoms with Crippen molar-refractivity contribution in [2.45, 2.75) is 25.1 Å². The van der Waals surface area contributed by atoms with Gasteiger partial charge in [-0.2, -0.15) is 0 Å². The van der Waals surface area contributed by atoms with E-state index in [2.05, 4.69) is 0 Å². The fourth-order valence-electron chi connectivity index (χ4n) is 2.29. The zero-order valence-electron chi connectivity index (χ0n) is 12.5. The molecule has 20 heavy (non-hydrogen) atoms. The molecule has 1 aromatic carbocycles. The molecular weight excluding hydrogens is 260 g/mol. The largest absolute Gasteiger partial charge is 0.387 e. The number of rotatable bonds is 9. The van der Waals surface area contributed by atoms with Crippen molar-refractivity contribution in [3.63, 3.8) is 0 Å². The normalized spacial score (nSPS) is 14.8. The second-order valence-corrected chi connectivity index (χ2v) is 4.52. The van der Waals surface area contributed by atoms with Crippen molar-refractivity contribution in [1.29, 1.82) is 0 Å². The average Bonchev–Trinajstić information content (AvgIpc) is 2.49. The van der Waals surface area contributed by atoms with Gasteiger partial charge in [0, 0.05) is 34.4 Å². The van der Waals surface area contributed by atoms with E-state index in [-0.39, 0.29) is 5.92 Å². The Morgan fingerprint density at radius 3 is 1.80 bits per heavy atom. The summed E-state index contributed by atoms with van der Waals surface area (Å²) in [5, 5.41) is 10.5. The molecule has 0 bridgehead atoms. The highest BCUT2D eigenvalue weighted by atomic mass is 16.7. The topological polar surface area (TPSA) is 57.2 Å². The smallest absolute Gasteiger partial charge is 0.183 e. The van der Waals surface area contributed by atoms with E-state index in [0.29, 0.717) is 6.42 Å². The highest BCUT2D eigenvalue weighted by Gasteiger charge is 2.34. The molecule has 1 N–H and O–H groups in total. The first-order valence-corrected chi connectivity index (χ1v) is 6.51. The first-order valence-electron chi connectivity index (χ1n) is 6.51. The maximum atomic E-state index is 10.5. The van der Waals surface area contributed by atoms with Crippen LogP contribution in [0.2, 0.25) is 0 Å². The molecule has 0 spiro atoms. The number of hydrogen-bond donors (Lipinski definition) is 1. The second-order valence-electron chi connectivity index (χ2n) is 4.52. The molecule has 0 aliphatic carbocycles. The van der Waals surface area contributed by atoms with Gasteiger partial charge in [-0.1, -0.05) is 30.3 Å². The van der Waals surface area contributed by atoms with Gasteiger partial charge in [0.2, 0.25) is 0 Å². The summed E-state index contributed by atoms with van der Waals surface area (Å²) >= 11 is 0. The summed E-state index contributed by atoms with van der Waals surface area (Å²) in [6.07, 6.45) is -1.54. The molecule has 0 radical (unpaired) electrons. The Hall–Kier alpha value is -0.980. The van der Waals surface area contributed by atoms with Crippen molar-refractivity contribution in [3.05, 3.63) is 35.9 Å². The van der Waals surface area contributed by atoms with Gasteiger partial charge < -0.3 is 24.1 Å². The van der Waals surface area contributed by atoms with E-state index in [0.717, 1.165) is 5.56 Å². The van der Waals surface area contributed by atoms with E-state index >= 15 is 0 Å². The minimum atomic E-state index is -0.866. The number of methoxy groups -OCH3 is 4. The maximum absolute atomic E-state index is 10.5. The van der Waals surface area contributed by atoms with Crippen LogP contribution in [-0.2, 0) is 25.4 Å². The first-order chi connectivity index (χ1) is 9.67. The van der Waals surface area contributed by atoms with Gasteiger partial charge >= 0.3 is 0 Å². The minimum absolute atomic E-state index is 0.308. The lowest BCUT2D eigenvalue weighted by molar-refractivity contribution is -0.222. The lowest BCUT2D eigenvalue weighted by atomic mass is 9.92. The Morgan fingerprint density at radius 1 is 0.850 bits per heavy atom. The predicted octanol–water partition coefficient (Wildman–Crippen LogP) is 1.44. The molecule has 0 saturated heterocycles. The number of hydrogen-bond acceptors (Lipinski definition) is 5. The van der Waals surface area contributed by atoms with E-state index in [1.165, 1.54) is 14.2 Å². The molecule has 0 heterocycles. The highest BCUT2D eigenvalue weighted by molar-refractivity contribution is 5.15. The molecule has 0 aromatic heterocycles. The zero-order chi connectivity index (χ0) is 15.0. The van der Waals surface area contributed by atoms with Crippen LogP contribution in [0.15, 0.2) is 30.3 Å². The Balaban J connectivity index is 2.89. The van der Waals surface area contributed by atoms with Crippen LogP contribution in [0.3, 0.4) is 0 Å². The molecule has 1 aromatic rings. The molecular formula is C15H24O5. The third kappa shape index (κ3) is 4.54. The number of benzene rings is 1. The van der Waals surface area contributed by atoms with Gasteiger partial charge in [0.15, 0.2) is 12.6 Å². The van der Waals surface area contributed by atoms with E-state index in [1.54, 1.807) is 14.2 Å². The molecule has 0 aliphatic rings. The van der Waals surface area contributed by atoms with Crippen LogP contribution in [0, 0.1) is 5.92 Å². The Kier molecular flexibility index (Phi) is 7.72. The van der Waals surface area contributed by atoms with Crippen LogP contribution >= 0.6 is 0 Å². The van der Waals surface area contributed by atoms with Crippen LogP contribution in [0.4, 0.5) is 0 Å². The SMILES string of the molecule is COC(OC)[C@@H](Cc1ccccc1)[C@@H](O)C(OC)OC. The molecule has 2 atom stereocenters. The van der Waals surface area contributed by atoms with Gasteiger partial charge in [-0.25, -0.2) is 0 Å². The zero-order valence-corrected chi connectivity index (χ0v) is 12.5. The highest BCUT2D eigenvalue weighted by Crippen LogP contribution is 2.22. The Bertz CT molecular complexity index is 349. The van der Waals surface area contributed by atoms with Crippen molar-refractivity contribution in [2.24, 2.45) is 5.92 Å². The molecule has 0 amide bonds. The molecule has 0 unspecified atom stereocenters. The van der Waals surface area contributed by atoms with Crippen LogP contribution in [0.25, 0.3) is 0 Å². The summed E-state index contributed by atoms with van der Waals surface area (Å²) in [5.41, 5.74) is 1.08. The van der Waals surface area contributed by atoms with Crippen LogP contribution in [-0.4, -0.2) is 52.2 Å². The predicted molar refractivity (Wildman–Crippen MR) is 75.3 cm³/mol. The van der Waals surface area contributed by atoms with Crippen LogP contribution in [0.5, 0.6) is 0 Å². The van der Waals surface area contributed by atoms with E-state index in [9.17, 15) is 5.11 Å². The Morgan fingerprint density at radius 2 is 1.35 bits per heavy atom. The van der Waals surface area contributed by atoms with Gasteiger partial charge in [0.1, 0.15) is 6.10 Å². The van der Waals surface area contributed by atoms with Crippen LogP contribution < -0.4 is 0 Å². The van der Waals surface area contributed by atoms with Crippen molar-refractivity contribution < 1.29 is 24.1 Å². The monoisotopic (exact) mass is 284 g/mol. The van der Waals surface area contributed by atoms with Gasteiger partial charge in [-0.15, -0.1) is 0 Å². The van der Waals surface area contributed by atoms with Gasteiger partial charge in [-0.3, -0.25) is 0 Å². The lowest BCUT2D eigenvalue weighted by Crippen LogP contribution is -2.44. The molecule has 0 fully saturated rings. The average molecular weight is 284 g/mol. The molecule has 1 rings (SSSR count). The summed E-state index contributed by atoms with van der Waals surface area (Å²) in [5.74, 6) is -0.308. The minimum Gasteiger partial charge on any atom is -0.387 e. The number of aliphatic hydroxyl groups excluding tert-OH is 1. The van der Waals surface area contributed by atoms with Crippen molar-refractivity contribution >= 4 is 0 Å². The molecule has 114 valence electrons. The van der Waals surface area contributed by atoms with Gasteiger partial charge in [0.25, 0.3) is 0 Å². The fraction of sp³-hybridized carbons (Fsp3) is 0.600. The maximum Gasteiger partial charge on any atom is 0.183 e. The third-order valence-corrected chi connectivity index (χ3v) is 3.31. The number of ether oxygens (including phenoxy) is 4. The summed E-state index contributed by atoms with van der Waals surface area (Å²) in [4.78, 5) is 0. The summed E-state index contributed by atoms with van der Waals surface area (Å²) in [7, 11) is 6.08.